The van der Waals surface area contributed by atoms with E-state index in [1.165, 1.54) is 12.8 Å². The molecule has 3 rings (SSSR count). The van der Waals surface area contributed by atoms with E-state index in [4.69, 9.17) is 5.73 Å². The van der Waals surface area contributed by atoms with Gasteiger partial charge < -0.3 is 10.6 Å². The number of aromatic nitrogens is 2. The Balaban J connectivity index is 0.00000176. The lowest BCUT2D eigenvalue weighted by molar-refractivity contribution is 0.0781. The maximum Gasteiger partial charge on any atom is 0.255 e. The number of nitrogens with two attached hydrogens (primary N) is 1. The molecule has 2 fully saturated rings. The van der Waals surface area contributed by atoms with Gasteiger partial charge in [0.1, 0.15) is 0 Å². The fourth-order valence-corrected chi connectivity index (χ4v) is 3.81. The summed E-state index contributed by atoms with van der Waals surface area (Å²) in [5, 5.41) is 8.24. The van der Waals surface area contributed by atoms with Crippen molar-refractivity contribution in [2.24, 2.45) is 17.6 Å². The van der Waals surface area contributed by atoms with Crippen LogP contribution in [0.25, 0.3) is 0 Å². The molecule has 1 aliphatic heterocycles. The average Bonchev–Trinajstić information content (AvgIpc) is 2.92. The van der Waals surface area contributed by atoms with Crippen LogP contribution in [0.3, 0.4) is 0 Å². The normalized spacial score (nSPS) is 27.2. The van der Waals surface area contributed by atoms with Crippen LogP contribution < -0.4 is 5.73 Å². The highest BCUT2D eigenvalue weighted by Gasteiger charge is 2.40. The van der Waals surface area contributed by atoms with Crippen molar-refractivity contribution in [2.75, 3.05) is 13.1 Å². The first-order valence-corrected chi connectivity index (χ1v) is 7.98. The Kier molecular flexibility index (Phi) is 5.40. The van der Waals surface area contributed by atoms with E-state index in [2.05, 4.69) is 10.2 Å². The lowest BCUT2D eigenvalue weighted by Gasteiger charge is -2.29. The SMILES string of the molecule is CCc1nnc(C)cc1C(=O)N1CC2CCCC(N)C2C1.Cl. The predicted molar refractivity (Wildman–Crippen MR) is 88.1 cm³/mol. The summed E-state index contributed by atoms with van der Waals surface area (Å²) in [6, 6.07) is 2.13. The van der Waals surface area contributed by atoms with E-state index >= 15 is 0 Å². The standard InChI is InChI=1S/C16H24N4O.ClH/c1-3-15-12(7-10(2)18-19-15)16(21)20-8-11-5-4-6-14(17)13(11)9-20;/h7,11,13-14H,3-6,8-9,17H2,1-2H3;1H. The number of nitrogens with zero attached hydrogens (tertiary/aromatic N) is 3. The Morgan fingerprint density at radius 2 is 2.14 bits per heavy atom. The molecular weight excluding hydrogens is 300 g/mol. The second-order valence-corrected chi connectivity index (χ2v) is 6.43. The Bertz CT molecular complexity index is 551. The van der Waals surface area contributed by atoms with E-state index < -0.39 is 0 Å². The van der Waals surface area contributed by atoms with Crippen molar-refractivity contribution in [1.29, 1.82) is 0 Å². The predicted octanol–water partition coefficient (Wildman–Crippen LogP) is 1.97. The molecule has 3 unspecified atom stereocenters. The molecule has 5 nitrogen and oxygen atoms in total. The molecule has 0 bridgehead atoms. The molecule has 22 heavy (non-hydrogen) atoms. The van der Waals surface area contributed by atoms with Gasteiger partial charge in [-0.25, -0.2) is 0 Å². The highest BCUT2D eigenvalue weighted by molar-refractivity contribution is 5.95. The number of amides is 1. The van der Waals surface area contributed by atoms with Gasteiger partial charge >= 0.3 is 0 Å². The Morgan fingerprint density at radius 3 is 2.82 bits per heavy atom. The summed E-state index contributed by atoms with van der Waals surface area (Å²) >= 11 is 0. The number of likely N-dealkylation sites (tertiary alicyclic amines) is 1. The van der Waals surface area contributed by atoms with Crippen molar-refractivity contribution in [3.8, 4) is 0 Å². The zero-order valence-electron chi connectivity index (χ0n) is 13.3. The molecule has 0 spiro atoms. The molecule has 1 aromatic heterocycles. The van der Waals surface area contributed by atoms with Gasteiger partial charge in [0.15, 0.2) is 0 Å². The molecule has 2 heterocycles. The van der Waals surface area contributed by atoms with E-state index in [1.54, 1.807) is 0 Å². The Morgan fingerprint density at radius 1 is 1.36 bits per heavy atom. The van der Waals surface area contributed by atoms with Crippen molar-refractivity contribution >= 4 is 18.3 Å². The molecule has 3 atom stereocenters. The van der Waals surface area contributed by atoms with Gasteiger partial charge in [0, 0.05) is 19.1 Å². The molecular formula is C16H25ClN4O. The first kappa shape index (κ1) is 17.2. The summed E-state index contributed by atoms with van der Waals surface area (Å²) in [5.41, 5.74) is 8.55. The van der Waals surface area contributed by atoms with Crippen LogP contribution in [0.5, 0.6) is 0 Å². The largest absolute Gasteiger partial charge is 0.338 e. The average molecular weight is 325 g/mol. The second kappa shape index (κ2) is 6.92. The lowest BCUT2D eigenvalue weighted by atomic mass is 9.78. The van der Waals surface area contributed by atoms with Crippen LogP contribution in [-0.2, 0) is 6.42 Å². The highest BCUT2D eigenvalue weighted by Crippen LogP contribution is 2.36. The Hall–Kier alpha value is -1.20. The maximum atomic E-state index is 12.8. The minimum atomic E-state index is 0. The Labute approximate surface area is 138 Å². The van der Waals surface area contributed by atoms with Crippen molar-refractivity contribution < 1.29 is 4.79 Å². The number of carbonyl (C=O) groups excluding carboxylic acids is 1. The molecule has 1 amide bonds. The maximum absolute atomic E-state index is 12.8. The first-order valence-electron chi connectivity index (χ1n) is 7.98. The van der Waals surface area contributed by atoms with Gasteiger partial charge in [0.25, 0.3) is 5.91 Å². The van der Waals surface area contributed by atoms with Gasteiger partial charge in [-0.3, -0.25) is 4.79 Å². The van der Waals surface area contributed by atoms with Crippen LogP contribution >= 0.6 is 12.4 Å². The fourth-order valence-electron chi connectivity index (χ4n) is 3.81. The van der Waals surface area contributed by atoms with Crippen LogP contribution in [0.2, 0.25) is 0 Å². The number of aryl methyl sites for hydroxylation is 2. The third-order valence-corrected chi connectivity index (χ3v) is 5.00. The summed E-state index contributed by atoms with van der Waals surface area (Å²) in [7, 11) is 0. The number of carbonyl (C=O) groups is 1. The summed E-state index contributed by atoms with van der Waals surface area (Å²) in [4.78, 5) is 14.8. The smallest absolute Gasteiger partial charge is 0.255 e. The van der Waals surface area contributed by atoms with Gasteiger partial charge in [-0.05, 0) is 44.1 Å². The summed E-state index contributed by atoms with van der Waals surface area (Å²) in [6.07, 6.45) is 4.23. The zero-order valence-corrected chi connectivity index (χ0v) is 14.1. The molecule has 0 radical (unpaired) electrons. The monoisotopic (exact) mass is 324 g/mol. The van der Waals surface area contributed by atoms with Crippen molar-refractivity contribution in [3.63, 3.8) is 0 Å². The molecule has 0 aromatic carbocycles. The quantitative estimate of drug-likeness (QED) is 0.902. The van der Waals surface area contributed by atoms with Gasteiger partial charge in [0.2, 0.25) is 0 Å². The second-order valence-electron chi connectivity index (χ2n) is 6.43. The van der Waals surface area contributed by atoms with Gasteiger partial charge in [-0.2, -0.15) is 10.2 Å². The minimum Gasteiger partial charge on any atom is -0.338 e. The molecule has 122 valence electrons. The third-order valence-electron chi connectivity index (χ3n) is 5.00. The van der Waals surface area contributed by atoms with Crippen molar-refractivity contribution in [1.82, 2.24) is 15.1 Å². The molecule has 1 aromatic rings. The zero-order chi connectivity index (χ0) is 15.0. The number of hydrogen-bond donors (Lipinski definition) is 1. The van der Waals surface area contributed by atoms with Gasteiger partial charge in [-0.15, -0.1) is 12.4 Å². The van der Waals surface area contributed by atoms with E-state index in [9.17, 15) is 4.79 Å². The molecule has 1 aliphatic carbocycles. The van der Waals surface area contributed by atoms with E-state index in [1.807, 2.05) is 24.8 Å². The molecule has 1 saturated carbocycles. The van der Waals surface area contributed by atoms with E-state index in [0.717, 1.165) is 42.9 Å². The van der Waals surface area contributed by atoms with Crippen LogP contribution in [0, 0.1) is 18.8 Å². The summed E-state index contributed by atoms with van der Waals surface area (Å²) in [6.45, 7) is 5.54. The van der Waals surface area contributed by atoms with E-state index in [0.29, 0.717) is 11.8 Å². The molecule has 1 saturated heterocycles. The van der Waals surface area contributed by atoms with Crippen LogP contribution in [-0.4, -0.2) is 40.1 Å². The summed E-state index contributed by atoms with van der Waals surface area (Å²) < 4.78 is 0. The topological polar surface area (TPSA) is 72.1 Å². The van der Waals surface area contributed by atoms with Crippen LogP contribution in [0.1, 0.15) is 47.9 Å². The minimum absolute atomic E-state index is 0. The molecule has 2 aliphatic rings. The number of rotatable bonds is 2. The van der Waals surface area contributed by atoms with Crippen molar-refractivity contribution in [2.45, 2.75) is 45.6 Å². The van der Waals surface area contributed by atoms with E-state index in [-0.39, 0.29) is 24.4 Å². The lowest BCUT2D eigenvalue weighted by Crippen LogP contribution is -2.38. The van der Waals surface area contributed by atoms with Crippen LogP contribution in [0.15, 0.2) is 6.07 Å². The summed E-state index contributed by atoms with van der Waals surface area (Å²) in [5.74, 6) is 1.16. The van der Waals surface area contributed by atoms with Crippen molar-refractivity contribution in [3.05, 3.63) is 23.0 Å². The molecule has 6 heteroatoms. The fraction of sp³-hybridized carbons (Fsp3) is 0.688. The molecule has 2 N–H and O–H groups in total. The third kappa shape index (κ3) is 3.10. The number of fused-ring (bicyclic) bond motifs is 1. The number of halogens is 1. The highest BCUT2D eigenvalue weighted by atomic mass is 35.5. The van der Waals surface area contributed by atoms with Gasteiger partial charge in [-0.1, -0.05) is 13.3 Å². The number of hydrogen-bond acceptors (Lipinski definition) is 4. The van der Waals surface area contributed by atoms with Crippen LogP contribution in [0.4, 0.5) is 0 Å². The van der Waals surface area contributed by atoms with Gasteiger partial charge in [0.05, 0.1) is 17.0 Å². The first-order chi connectivity index (χ1) is 10.1.